The molecule has 0 aromatic carbocycles. The van der Waals surface area contributed by atoms with Crippen LogP contribution >= 0.6 is 0 Å². The van der Waals surface area contributed by atoms with E-state index in [4.69, 9.17) is 4.74 Å². The van der Waals surface area contributed by atoms with Gasteiger partial charge in [-0.25, -0.2) is 9.59 Å². The number of urea groups is 1. The topological polar surface area (TPSA) is 117 Å². The van der Waals surface area contributed by atoms with E-state index in [0.29, 0.717) is 13.2 Å². The summed E-state index contributed by atoms with van der Waals surface area (Å²) in [6, 6.07) is -0.663. The van der Waals surface area contributed by atoms with Crippen LogP contribution in [-0.4, -0.2) is 55.4 Å². The number of methoxy groups -OCH3 is 1. The molecule has 3 amide bonds. The standard InChI is InChI=1S/C12H21N3O5/c1-12(10(17)18,8-3-4-8)15-11(19)14-7-9(16)13-5-6-20-2/h8H,3-7H2,1-2H3,(H,13,16)(H,17,18)(H2,14,15,19). The molecule has 0 radical (unpaired) electrons. The number of aliphatic carboxylic acids is 1. The van der Waals surface area contributed by atoms with Gasteiger partial charge in [0, 0.05) is 13.7 Å². The Balaban J connectivity index is 2.32. The number of carboxylic acid groups (broad SMARTS) is 1. The Kier molecular flexibility index (Phi) is 5.75. The van der Waals surface area contributed by atoms with E-state index in [-0.39, 0.29) is 18.4 Å². The first-order valence-electron chi connectivity index (χ1n) is 6.45. The van der Waals surface area contributed by atoms with Crippen molar-refractivity contribution in [3.63, 3.8) is 0 Å². The molecule has 0 aromatic rings. The maximum absolute atomic E-state index is 11.6. The lowest BCUT2D eigenvalue weighted by Crippen LogP contribution is -2.57. The number of carbonyl (C=O) groups excluding carboxylic acids is 2. The fourth-order valence-electron chi connectivity index (χ4n) is 1.79. The third-order valence-electron chi connectivity index (χ3n) is 3.25. The number of hydrogen-bond donors (Lipinski definition) is 4. The molecular formula is C12H21N3O5. The third kappa shape index (κ3) is 4.69. The van der Waals surface area contributed by atoms with Gasteiger partial charge >= 0.3 is 12.0 Å². The summed E-state index contributed by atoms with van der Waals surface area (Å²) < 4.78 is 4.76. The number of nitrogens with one attached hydrogen (secondary N) is 3. The first-order valence-corrected chi connectivity index (χ1v) is 6.45. The lowest BCUT2D eigenvalue weighted by atomic mass is 9.96. The van der Waals surface area contributed by atoms with Gasteiger partial charge in [0.1, 0.15) is 5.54 Å². The number of carbonyl (C=O) groups is 3. The first-order chi connectivity index (χ1) is 9.40. The minimum absolute atomic E-state index is 0.0544. The summed E-state index contributed by atoms with van der Waals surface area (Å²) in [6.07, 6.45) is 1.56. The number of hydrogen-bond acceptors (Lipinski definition) is 4. The molecule has 1 aliphatic rings. The van der Waals surface area contributed by atoms with Crippen LogP contribution in [-0.2, 0) is 14.3 Å². The zero-order valence-electron chi connectivity index (χ0n) is 11.7. The van der Waals surface area contributed by atoms with Crippen molar-refractivity contribution in [3.8, 4) is 0 Å². The predicted molar refractivity (Wildman–Crippen MR) is 70.2 cm³/mol. The smallest absolute Gasteiger partial charge is 0.329 e. The summed E-state index contributed by atoms with van der Waals surface area (Å²) in [7, 11) is 1.52. The Hall–Kier alpha value is -1.83. The van der Waals surface area contributed by atoms with Crippen LogP contribution in [0.5, 0.6) is 0 Å². The minimum atomic E-state index is -1.28. The minimum Gasteiger partial charge on any atom is -0.480 e. The van der Waals surface area contributed by atoms with Crippen LogP contribution < -0.4 is 16.0 Å². The zero-order chi connectivity index (χ0) is 15.2. The molecule has 114 valence electrons. The first kappa shape index (κ1) is 16.2. The van der Waals surface area contributed by atoms with Crippen molar-refractivity contribution < 1.29 is 24.2 Å². The van der Waals surface area contributed by atoms with E-state index in [0.717, 1.165) is 12.8 Å². The van der Waals surface area contributed by atoms with Gasteiger partial charge in [-0.3, -0.25) is 4.79 Å². The second-order valence-corrected chi connectivity index (χ2v) is 4.93. The normalized spacial score (nSPS) is 16.9. The summed E-state index contributed by atoms with van der Waals surface area (Å²) >= 11 is 0. The highest BCUT2D eigenvalue weighted by Gasteiger charge is 2.48. The summed E-state index contributed by atoms with van der Waals surface area (Å²) in [5.74, 6) is -1.48. The molecule has 20 heavy (non-hydrogen) atoms. The Morgan fingerprint density at radius 3 is 2.45 bits per heavy atom. The van der Waals surface area contributed by atoms with Crippen LogP contribution in [0, 0.1) is 5.92 Å². The molecule has 1 fully saturated rings. The van der Waals surface area contributed by atoms with Crippen molar-refractivity contribution in [3.05, 3.63) is 0 Å². The third-order valence-corrected chi connectivity index (χ3v) is 3.25. The van der Waals surface area contributed by atoms with E-state index in [1.54, 1.807) is 0 Å². The largest absolute Gasteiger partial charge is 0.480 e. The quantitative estimate of drug-likeness (QED) is 0.440. The van der Waals surface area contributed by atoms with E-state index in [9.17, 15) is 19.5 Å². The molecule has 1 rings (SSSR count). The molecule has 0 heterocycles. The SMILES string of the molecule is COCCNC(=O)CNC(=O)NC(C)(C(=O)O)C1CC1. The van der Waals surface area contributed by atoms with Gasteiger partial charge in [0.15, 0.2) is 0 Å². The van der Waals surface area contributed by atoms with E-state index >= 15 is 0 Å². The molecule has 0 aromatic heterocycles. The predicted octanol–water partition coefficient (Wildman–Crippen LogP) is -0.698. The zero-order valence-corrected chi connectivity index (χ0v) is 11.7. The molecule has 1 aliphatic carbocycles. The monoisotopic (exact) mass is 287 g/mol. The van der Waals surface area contributed by atoms with Gasteiger partial charge in [-0.1, -0.05) is 0 Å². The van der Waals surface area contributed by atoms with Crippen molar-refractivity contribution in [1.29, 1.82) is 0 Å². The fraction of sp³-hybridized carbons (Fsp3) is 0.750. The lowest BCUT2D eigenvalue weighted by molar-refractivity contribution is -0.144. The van der Waals surface area contributed by atoms with Gasteiger partial charge in [0.05, 0.1) is 13.2 Å². The molecule has 0 bridgehead atoms. The molecule has 0 aliphatic heterocycles. The highest BCUT2D eigenvalue weighted by molar-refractivity contribution is 5.88. The van der Waals surface area contributed by atoms with Crippen LogP contribution in [0.15, 0.2) is 0 Å². The van der Waals surface area contributed by atoms with Crippen molar-refractivity contribution in [2.75, 3.05) is 26.8 Å². The Labute approximate surface area is 117 Å². The van der Waals surface area contributed by atoms with E-state index in [2.05, 4.69) is 16.0 Å². The van der Waals surface area contributed by atoms with Crippen molar-refractivity contribution in [1.82, 2.24) is 16.0 Å². The van der Waals surface area contributed by atoms with Crippen LogP contribution in [0.3, 0.4) is 0 Å². The maximum atomic E-state index is 11.6. The van der Waals surface area contributed by atoms with E-state index < -0.39 is 17.5 Å². The van der Waals surface area contributed by atoms with E-state index in [1.165, 1.54) is 14.0 Å². The van der Waals surface area contributed by atoms with Gasteiger partial charge in [0.25, 0.3) is 0 Å². The van der Waals surface area contributed by atoms with Crippen LogP contribution in [0.1, 0.15) is 19.8 Å². The van der Waals surface area contributed by atoms with Gasteiger partial charge in [-0.2, -0.15) is 0 Å². The highest BCUT2D eigenvalue weighted by Crippen LogP contribution is 2.39. The summed E-state index contributed by atoms with van der Waals surface area (Å²) in [5.41, 5.74) is -1.28. The number of amides is 3. The molecule has 0 saturated heterocycles. The number of carboxylic acids is 1. The van der Waals surface area contributed by atoms with Crippen LogP contribution in [0.25, 0.3) is 0 Å². The maximum Gasteiger partial charge on any atom is 0.329 e. The second kappa shape index (κ2) is 7.09. The van der Waals surface area contributed by atoms with Crippen molar-refractivity contribution >= 4 is 17.9 Å². The van der Waals surface area contributed by atoms with Gasteiger partial charge in [-0.15, -0.1) is 0 Å². The van der Waals surface area contributed by atoms with Crippen LogP contribution in [0.2, 0.25) is 0 Å². The summed E-state index contributed by atoms with van der Waals surface area (Å²) in [6.45, 7) is 2.01. The average molecular weight is 287 g/mol. The summed E-state index contributed by atoms with van der Waals surface area (Å²) in [4.78, 5) is 34.2. The number of rotatable bonds is 8. The lowest BCUT2D eigenvalue weighted by Gasteiger charge is -2.26. The van der Waals surface area contributed by atoms with Gasteiger partial charge < -0.3 is 25.8 Å². The van der Waals surface area contributed by atoms with Crippen molar-refractivity contribution in [2.45, 2.75) is 25.3 Å². The molecule has 8 nitrogen and oxygen atoms in total. The van der Waals surface area contributed by atoms with E-state index in [1.807, 2.05) is 0 Å². The van der Waals surface area contributed by atoms with Gasteiger partial charge in [0.2, 0.25) is 5.91 Å². The molecule has 4 N–H and O–H groups in total. The Morgan fingerprint density at radius 1 is 1.30 bits per heavy atom. The molecule has 1 atom stereocenters. The van der Waals surface area contributed by atoms with Gasteiger partial charge in [-0.05, 0) is 25.7 Å². The molecular weight excluding hydrogens is 266 g/mol. The number of ether oxygens (including phenoxy) is 1. The molecule has 1 saturated carbocycles. The Morgan fingerprint density at radius 2 is 1.95 bits per heavy atom. The summed E-state index contributed by atoms with van der Waals surface area (Å²) in [5, 5.41) is 16.5. The highest BCUT2D eigenvalue weighted by atomic mass is 16.5. The Bertz CT molecular complexity index is 383. The van der Waals surface area contributed by atoms with Crippen LogP contribution in [0.4, 0.5) is 4.79 Å². The molecule has 8 heteroatoms. The fourth-order valence-corrected chi connectivity index (χ4v) is 1.79. The molecule has 0 spiro atoms. The van der Waals surface area contributed by atoms with Crippen molar-refractivity contribution in [2.24, 2.45) is 5.92 Å². The average Bonchev–Trinajstić information content (AvgIpc) is 3.21. The second-order valence-electron chi connectivity index (χ2n) is 4.93. The molecule has 1 unspecified atom stereocenters.